The molecular formula is C18H17ClN2O4S. The maximum Gasteiger partial charge on any atom is 0.279 e. The molecule has 0 N–H and O–H groups in total. The van der Waals surface area contributed by atoms with E-state index in [1.54, 1.807) is 22.8 Å². The monoisotopic (exact) mass is 392 g/mol. The number of rotatable bonds is 4. The standard InChI is InChI=1S/C18H17ClN2O4S/c1-21-15-11(19)6-5-7-14(15)26-18(21)20-17(22)10-8-12(23-2)16(25-4)13(9-10)24-3/h5-9H,1-4H3. The fraction of sp³-hybridized carbons (Fsp3) is 0.222. The van der Waals surface area contributed by atoms with E-state index in [2.05, 4.69) is 4.99 Å². The Labute approximate surface area is 159 Å². The molecular weight excluding hydrogens is 376 g/mol. The van der Waals surface area contributed by atoms with Gasteiger partial charge in [0.25, 0.3) is 5.91 Å². The lowest BCUT2D eigenvalue weighted by molar-refractivity contribution is 0.0997. The zero-order chi connectivity index (χ0) is 18.8. The largest absolute Gasteiger partial charge is 0.493 e. The number of amides is 1. The van der Waals surface area contributed by atoms with Crippen molar-refractivity contribution in [3.8, 4) is 17.2 Å². The Morgan fingerprint density at radius 1 is 1.12 bits per heavy atom. The molecule has 0 atom stereocenters. The molecule has 6 nitrogen and oxygen atoms in total. The summed E-state index contributed by atoms with van der Waals surface area (Å²) in [5.41, 5.74) is 1.18. The molecule has 0 aliphatic heterocycles. The lowest BCUT2D eigenvalue weighted by Gasteiger charge is -2.12. The van der Waals surface area contributed by atoms with Gasteiger partial charge in [-0.15, -0.1) is 0 Å². The third kappa shape index (κ3) is 3.15. The van der Waals surface area contributed by atoms with Gasteiger partial charge in [-0.3, -0.25) is 4.79 Å². The number of aryl methyl sites for hydroxylation is 1. The van der Waals surface area contributed by atoms with Crippen LogP contribution in [0.15, 0.2) is 35.3 Å². The maximum atomic E-state index is 12.7. The van der Waals surface area contributed by atoms with Crippen LogP contribution in [0, 0.1) is 0 Å². The second-order valence-electron chi connectivity index (χ2n) is 5.36. The Hall–Kier alpha value is -2.51. The van der Waals surface area contributed by atoms with E-state index >= 15 is 0 Å². The molecule has 136 valence electrons. The van der Waals surface area contributed by atoms with Gasteiger partial charge in [-0.1, -0.05) is 29.0 Å². The van der Waals surface area contributed by atoms with E-state index in [-0.39, 0.29) is 0 Å². The van der Waals surface area contributed by atoms with Crippen LogP contribution in [0.25, 0.3) is 10.2 Å². The summed E-state index contributed by atoms with van der Waals surface area (Å²) >= 11 is 7.65. The highest BCUT2D eigenvalue weighted by Gasteiger charge is 2.17. The van der Waals surface area contributed by atoms with Crippen LogP contribution in [-0.4, -0.2) is 31.8 Å². The summed E-state index contributed by atoms with van der Waals surface area (Å²) in [6.45, 7) is 0. The molecule has 3 rings (SSSR count). The zero-order valence-corrected chi connectivity index (χ0v) is 16.3. The van der Waals surface area contributed by atoms with Gasteiger partial charge in [-0.05, 0) is 24.3 Å². The summed E-state index contributed by atoms with van der Waals surface area (Å²) in [5.74, 6) is 0.802. The quantitative estimate of drug-likeness (QED) is 0.679. The number of thiazole rings is 1. The topological polar surface area (TPSA) is 62.0 Å². The van der Waals surface area contributed by atoms with E-state index in [4.69, 9.17) is 25.8 Å². The van der Waals surface area contributed by atoms with Crippen molar-refractivity contribution in [1.29, 1.82) is 0 Å². The van der Waals surface area contributed by atoms with E-state index in [1.165, 1.54) is 32.7 Å². The minimum atomic E-state index is -0.414. The molecule has 26 heavy (non-hydrogen) atoms. The number of benzene rings is 2. The normalized spacial score (nSPS) is 11.7. The number of hydrogen-bond acceptors (Lipinski definition) is 5. The molecule has 8 heteroatoms. The van der Waals surface area contributed by atoms with Gasteiger partial charge in [-0.2, -0.15) is 4.99 Å². The average Bonchev–Trinajstić information content (AvgIpc) is 2.97. The van der Waals surface area contributed by atoms with E-state index in [0.717, 1.165) is 10.2 Å². The van der Waals surface area contributed by atoms with E-state index < -0.39 is 5.91 Å². The molecule has 0 fully saturated rings. The molecule has 0 saturated carbocycles. The SMILES string of the molecule is COc1cc(C(=O)N=c2sc3cccc(Cl)c3n2C)cc(OC)c1OC. The van der Waals surface area contributed by atoms with Crippen LogP contribution in [0.2, 0.25) is 5.02 Å². The second kappa shape index (κ2) is 7.39. The van der Waals surface area contributed by atoms with Crippen molar-refractivity contribution in [2.45, 2.75) is 0 Å². The van der Waals surface area contributed by atoms with Crippen LogP contribution < -0.4 is 19.0 Å². The number of methoxy groups -OCH3 is 3. The van der Waals surface area contributed by atoms with Crippen LogP contribution in [0.4, 0.5) is 0 Å². The first kappa shape index (κ1) is 18.3. The highest BCUT2D eigenvalue weighted by molar-refractivity contribution is 7.16. The summed E-state index contributed by atoms with van der Waals surface area (Å²) in [6, 6.07) is 8.77. The third-order valence-corrected chi connectivity index (χ3v) is 5.28. The van der Waals surface area contributed by atoms with Gasteiger partial charge in [0.05, 0.1) is 36.6 Å². The number of carbonyl (C=O) groups is 1. The van der Waals surface area contributed by atoms with Crippen LogP contribution in [0.1, 0.15) is 10.4 Å². The lowest BCUT2D eigenvalue weighted by atomic mass is 10.1. The Morgan fingerprint density at radius 3 is 2.31 bits per heavy atom. The zero-order valence-electron chi connectivity index (χ0n) is 14.7. The summed E-state index contributed by atoms with van der Waals surface area (Å²) < 4.78 is 18.6. The van der Waals surface area contributed by atoms with Crippen molar-refractivity contribution < 1.29 is 19.0 Å². The van der Waals surface area contributed by atoms with Gasteiger partial charge < -0.3 is 18.8 Å². The van der Waals surface area contributed by atoms with Crippen LogP contribution in [0.3, 0.4) is 0 Å². The Morgan fingerprint density at radius 2 is 1.77 bits per heavy atom. The van der Waals surface area contributed by atoms with Gasteiger partial charge in [0.1, 0.15) is 0 Å². The molecule has 0 spiro atoms. The number of carbonyl (C=O) groups excluding carboxylic acids is 1. The van der Waals surface area contributed by atoms with Gasteiger partial charge in [0.15, 0.2) is 16.3 Å². The van der Waals surface area contributed by atoms with Crippen molar-refractivity contribution in [1.82, 2.24) is 4.57 Å². The number of para-hydroxylation sites is 1. The number of halogens is 1. The first-order valence-corrected chi connectivity index (χ1v) is 8.82. The molecule has 0 aliphatic carbocycles. The number of fused-ring (bicyclic) bond motifs is 1. The van der Waals surface area contributed by atoms with Crippen LogP contribution in [0.5, 0.6) is 17.2 Å². The highest BCUT2D eigenvalue weighted by atomic mass is 35.5. The van der Waals surface area contributed by atoms with Gasteiger partial charge >= 0.3 is 0 Å². The highest BCUT2D eigenvalue weighted by Crippen LogP contribution is 2.38. The van der Waals surface area contributed by atoms with Crippen molar-refractivity contribution in [3.05, 3.63) is 45.7 Å². The minimum absolute atomic E-state index is 0.336. The Balaban J connectivity index is 2.12. The smallest absolute Gasteiger partial charge is 0.279 e. The molecule has 1 amide bonds. The molecule has 0 radical (unpaired) electrons. The summed E-state index contributed by atoms with van der Waals surface area (Å²) in [6.07, 6.45) is 0. The molecule has 1 heterocycles. The molecule has 0 bridgehead atoms. The molecule has 2 aromatic carbocycles. The van der Waals surface area contributed by atoms with E-state index in [0.29, 0.717) is 32.6 Å². The number of ether oxygens (including phenoxy) is 3. The van der Waals surface area contributed by atoms with Crippen molar-refractivity contribution in [2.24, 2.45) is 12.0 Å². The predicted octanol–water partition coefficient (Wildman–Crippen LogP) is 3.66. The van der Waals surface area contributed by atoms with Crippen molar-refractivity contribution >= 4 is 39.1 Å². The lowest BCUT2D eigenvalue weighted by Crippen LogP contribution is -2.13. The first-order valence-electron chi connectivity index (χ1n) is 7.63. The number of aromatic nitrogens is 1. The average molecular weight is 393 g/mol. The predicted molar refractivity (Wildman–Crippen MR) is 102 cm³/mol. The molecule has 0 saturated heterocycles. The van der Waals surface area contributed by atoms with Gasteiger partial charge in [0.2, 0.25) is 5.75 Å². The van der Waals surface area contributed by atoms with Crippen molar-refractivity contribution in [3.63, 3.8) is 0 Å². The van der Waals surface area contributed by atoms with E-state index in [9.17, 15) is 4.79 Å². The van der Waals surface area contributed by atoms with Crippen LogP contribution in [-0.2, 0) is 7.05 Å². The first-order chi connectivity index (χ1) is 12.5. The maximum absolute atomic E-state index is 12.7. The van der Waals surface area contributed by atoms with E-state index in [1.807, 2.05) is 19.2 Å². The summed E-state index contributed by atoms with van der Waals surface area (Å²) in [5, 5.41) is 0.614. The Bertz CT molecular complexity index is 1030. The van der Waals surface area contributed by atoms with Gasteiger partial charge in [-0.25, -0.2) is 0 Å². The third-order valence-electron chi connectivity index (χ3n) is 3.88. The molecule has 0 unspecified atom stereocenters. The number of nitrogens with zero attached hydrogens (tertiary/aromatic N) is 2. The van der Waals surface area contributed by atoms with Gasteiger partial charge in [0, 0.05) is 12.6 Å². The molecule has 1 aromatic heterocycles. The summed E-state index contributed by atoms with van der Waals surface area (Å²) in [4.78, 5) is 17.5. The van der Waals surface area contributed by atoms with Crippen LogP contribution >= 0.6 is 22.9 Å². The Kier molecular flexibility index (Phi) is 5.20. The minimum Gasteiger partial charge on any atom is -0.493 e. The molecule has 3 aromatic rings. The fourth-order valence-electron chi connectivity index (χ4n) is 2.62. The second-order valence-corrected chi connectivity index (χ2v) is 6.78. The van der Waals surface area contributed by atoms with Crippen molar-refractivity contribution in [2.75, 3.05) is 21.3 Å². The fourth-order valence-corrected chi connectivity index (χ4v) is 4.02. The summed E-state index contributed by atoms with van der Waals surface area (Å²) in [7, 11) is 6.33. The number of hydrogen-bond donors (Lipinski definition) is 0. The molecule has 0 aliphatic rings.